The van der Waals surface area contributed by atoms with Crippen molar-refractivity contribution in [2.75, 3.05) is 7.11 Å². The fraction of sp³-hybridized carbons (Fsp3) is 0.0870. The van der Waals surface area contributed by atoms with E-state index in [1.54, 1.807) is 36.5 Å². The first kappa shape index (κ1) is 20.4. The molecule has 0 spiro atoms. The van der Waals surface area contributed by atoms with Crippen molar-refractivity contribution in [3.05, 3.63) is 104 Å². The Hall–Kier alpha value is -3.84. The van der Waals surface area contributed by atoms with Gasteiger partial charge in [-0.2, -0.15) is 0 Å². The quantitative estimate of drug-likeness (QED) is 0.497. The summed E-state index contributed by atoms with van der Waals surface area (Å²) in [6.45, 7) is 0.347. The van der Waals surface area contributed by atoms with E-state index < -0.39 is 11.2 Å². The molecule has 4 rings (SSSR count). The molecule has 0 fully saturated rings. The largest absolute Gasteiger partial charge is 0.489 e. The van der Waals surface area contributed by atoms with E-state index in [1.165, 1.54) is 17.9 Å². The van der Waals surface area contributed by atoms with E-state index in [0.717, 1.165) is 5.56 Å². The molecule has 156 valence electrons. The van der Waals surface area contributed by atoms with Gasteiger partial charge in [-0.25, -0.2) is 9.78 Å². The SMILES string of the molecule is COc1ncccc1-c1cn(-c2cc(Cl)cc(OCc3ccccc3)c2)c(=O)[nH]c1=O. The average Bonchev–Trinajstić information content (AvgIpc) is 2.78. The number of hydrogen-bond donors (Lipinski definition) is 1. The molecule has 2 aromatic carbocycles. The van der Waals surface area contributed by atoms with Crippen LogP contribution >= 0.6 is 11.6 Å². The van der Waals surface area contributed by atoms with Crippen molar-refractivity contribution in [1.29, 1.82) is 0 Å². The van der Waals surface area contributed by atoms with Crippen molar-refractivity contribution in [1.82, 2.24) is 14.5 Å². The molecule has 0 aliphatic carbocycles. The molecule has 8 heteroatoms. The van der Waals surface area contributed by atoms with Crippen molar-refractivity contribution in [2.45, 2.75) is 6.61 Å². The highest BCUT2D eigenvalue weighted by atomic mass is 35.5. The van der Waals surface area contributed by atoms with Crippen LogP contribution in [0.15, 0.2) is 82.6 Å². The number of halogens is 1. The highest BCUT2D eigenvalue weighted by Crippen LogP contribution is 2.27. The number of rotatable bonds is 6. The van der Waals surface area contributed by atoms with Gasteiger partial charge < -0.3 is 9.47 Å². The second kappa shape index (κ2) is 8.89. The molecule has 0 aliphatic rings. The second-order valence-electron chi connectivity index (χ2n) is 6.65. The third-order valence-corrected chi connectivity index (χ3v) is 4.80. The number of aromatic amines is 1. The molecule has 0 unspecified atom stereocenters. The summed E-state index contributed by atoms with van der Waals surface area (Å²) in [6.07, 6.45) is 2.99. The molecule has 2 heterocycles. The molecule has 0 atom stereocenters. The Labute approximate surface area is 182 Å². The van der Waals surface area contributed by atoms with Crippen LogP contribution in [-0.2, 0) is 6.61 Å². The summed E-state index contributed by atoms with van der Waals surface area (Å²) in [5, 5.41) is 0.388. The lowest BCUT2D eigenvalue weighted by molar-refractivity contribution is 0.306. The predicted octanol–water partition coefficient (Wildman–Crippen LogP) is 3.83. The fourth-order valence-electron chi connectivity index (χ4n) is 3.12. The summed E-state index contributed by atoms with van der Waals surface area (Å²) in [5.41, 5.74) is 0.985. The molecule has 7 nitrogen and oxygen atoms in total. The number of nitrogens with zero attached hydrogens (tertiary/aromatic N) is 2. The van der Waals surface area contributed by atoms with Gasteiger partial charge in [0.1, 0.15) is 12.4 Å². The maximum Gasteiger partial charge on any atom is 0.332 e. The van der Waals surface area contributed by atoms with Crippen molar-refractivity contribution in [3.8, 4) is 28.4 Å². The van der Waals surface area contributed by atoms with Gasteiger partial charge in [0, 0.05) is 23.5 Å². The molecular formula is C23H18ClN3O4. The van der Waals surface area contributed by atoms with Gasteiger partial charge in [-0.1, -0.05) is 41.9 Å². The van der Waals surface area contributed by atoms with Gasteiger partial charge in [-0.15, -0.1) is 0 Å². The van der Waals surface area contributed by atoms with Gasteiger partial charge in [0.05, 0.1) is 23.9 Å². The standard InChI is InChI=1S/C23H18ClN3O4/c1-30-22-19(8-5-9-25-22)20-13-27(23(29)26-21(20)28)17-10-16(24)11-18(12-17)31-14-15-6-3-2-4-7-15/h2-13H,14H2,1H3,(H,26,28,29). The van der Waals surface area contributed by atoms with E-state index in [2.05, 4.69) is 9.97 Å². The minimum atomic E-state index is -0.604. The first-order valence-corrected chi connectivity index (χ1v) is 9.76. The van der Waals surface area contributed by atoms with Crippen LogP contribution in [0.1, 0.15) is 5.56 Å². The van der Waals surface area contributed by atoms with Gasteiger partial charge >= 0.3 is 5.69 Å². The number of aromatic nitrogens is 3. The normalized spacial score (nSPS) is 10.6. The zero-order chi connectivity index (χ0) is 21.8. The van der Waals surface area contributed by atoms with E-state index in [9.17, 15) is 9.59 Å². The van der Waals surface area contributed by atoms with Crippen molar-refractivity contribution in [3.63, 3.8) is 0 Å². The van der Waals surface area contributed by atoms with E-state index in [0.29, 0.717) is 28.6 Å². The van der Waals surface area contributed by atoms with Gasteiger partial charge in [-0.05, 0) is 29.8 Å². The van der Waals surface area contributed by atoms with Gasteiger partial charge in [0.25, 0.3) is 5.56 Å². The number of pyridine rings is 1. The first-order valence-electron chi connectivity index (χ1n) is 9.38. The molecule has 1 N–H and O–H groups in total. The topological polar surface area (TPSA) is 86.2 Å². The smallest absolute Gasteiger partial charge is 0.332 e. The second-order valence-corrected chi connectivity index (χ2v) is 7.09. The molecule has 0 bridgehead atoms. The van der Waals surface area contributed by atoms with Crippen LogP contribution in [0, 0.1) is 0 Å². The molecule has 0 radical (unpaired) electrons. The maximum atomic E-state index is 12.6. The summed E-state index contributed by atoms with van der Waals surface area (Å²) in [5.74, 6) is 0.765. The monoisotopic (exact) mass is 435 g/mol. The highest BCUT2D eigenvalue weighted by Gasteiger charge is 2.14. The molecule has 31 heavy (non-hydrogen) atoms. The lowest BCUT2D eigenvalue weighted by Crippen LogP contribution is -2.29. The highest BCUT2D eigenvalue weighted by molar-refractivity contribution is 6.30. The van der Waals surface area contributed by atoms with Crippen LogP contribution in [0.3, 0.4) is 0 Å². The van der Waals surface area contributed by atoms with Crippen LogP contribution < -0.4 is 20.7 Å². The number of methoxy groups -OCH3 is 1. The molecule has 0 saturated carbocycles. The van der Waals surface area contributed by atoms with Crippen LogP contribution in [0.5, 0.6) is 11.6 Å². The number of benzene rings is 2. The zero-order valence-corrected chi connectivity index (χ0v) is 17.3. The lowest BCUT2D eigenvalue weighted by atomic mass is 10.1. The Kier molecular flexibility index (Phi) is 5.86. The Morgan fingerprint density at radius 2 is 1.84 bits per heavy atom. The molecule has 4 aromatic rings. The molecule has 0 saturated heterocycles. The minimum Gasteiger partial charge on any atom is -0.489 e. The zero-order valence-electron chi connectivity index (χ0n) is 16.5. The first-order chi connectivity index (χ1) is 15.0. The molecule has 2 aromatic heterocycles. The summed E-state index contributed by atoms with van der Waals surface area (Å²) >= 11 is 6.27. The van der Waals surface area contributed by atoms with Gasteiger partial charge in [-0.3, -0.25) is 14.3 Å². The number of ether oxygens (including phenoxy) is 2. The summed E-state index contributed by atoms with van der Waals surface area (Å²) in [6, 6.07) is 18.0. The summed E-state index contributed by atoms with van der Waals surface area (Å²) < 4.78 is 12.4. The van der Waals surface area contributed by atoms with E-state index in [1.807, 2.05) is 30.3 Å². The van der Waals surface area contributed by atoms with Crippen LogP contribution in [0.2, 0.25) is 5.02 Å². The third kappa shape index (κ3) is 4.51. The number of nitrogens with one attached hydrogen (secondary N) is 1. The predicted molar refractivity (Wildman–Crippen MR) is 118 cm³/mol. The van der Waals surface area contributed by atoms with Crippen LogP contribution in [-0.4, -0.2) is 21.6 Å². The van der Waals surface area contributed by atoms with Crippen LogP contribution in [0.25, 0.3) is 16.8 Å². The van der Waals surface area contributed by atoms with Crippen molar-refractivity contribution in [2.24, 2.45) is 0 Å². The molecule has 0 aliphatic heterocycles. The number of hydrogen-bond acceptors (Lipinski definition) is 5. The van der Waals surface area contributed by atoms with E-state index in [-0.39, 0.29) is 11.4 Å². The van der Waals surface area contributed by atoms with Crippen molar-refractivity contribution >= 4 is 11.6 Å². The van der Waals surface area contributed by atoms with Crippen LogP contribution in [0.4, 0.5) is 0 Å². The Morgan fingerprint density at radius 1 is 1.03 bits per heavy atom. The summed E-state index contributed by atoms with van der Waals surface area (Å²) in [4.78, 5) is 31.5. The van der Waals surface area contributed by atoms with Gasteiger partial charge in [0.2, 0.25) is 5.88 Å². The van der Waals surface area contributed by atoms with E-state index >= 15 is 0 Å². The fourth-order valence-corrected chi connectivity index (χ4v) is 3.34. The summed E-state index contributed by atoms with van der Waals surface area (Å²) in [7, 11) is 1.46. The Bertz CT molecular complexity index is 1330. The maximum absolute atomic E-state index is 12.6. The Balaban J connectivity index is 1.75. The van der Waals surface area contributed by atoms with Gasteiger partial charge in [0.15, 0.2) is 0 Å². The average molecular weight is 436 g/mol. The number of H-pyrrole nitrogens is 1. The minimum absolute atomic E-state index is 0.233. The third-order valence-electron chi connectivity index (χ3n) is 4.58. The lowest BCUT2D eigenvalue weighted by Gasteiger charge is -2.12. The van der Waals surface area contributed by atoms with Crippen molar-refractivity contribution < 1.29 is 9.47 Å². The van der Waals surface area contributed by atoms with E-state index in [4.69, 9.17) is 21.1 Å². The molecular weight excluding hydrogens is 418 g/mol. The Morgan fingerprint density at radius 3 is 2.61 bits per heavy atom. The molecule has 0 amide bonds.